The number of thioether (sulfide) groups is 1. The van der Waals surface area contributed by atoms with Crippen LogP contribution in [0.5, 0.6) is 0 Å². The largest absolute Gasteiger partial charge is 0.372 e. The quantitative estimate of drug-likeness (QED) is 0.397. The minimum absolute atomic E-state index is 0.0190. The summed E-state index contributed by atoms with van der Waals surface area (Å²) in [6.07, 6.45) is 1.94. The maximum Gasteiger partial charge on any atom is 0.268 e. The minimum Gasteiger partial charge on any atom is -0.372 e. The molecule has 0 fully saturated rings. The Hall–Kier alpha value is -2.16. The molecule has 6 nitrogen and oxygen atoms in total. The summed E-state index contributed by atoms with van der Waals surface area (Å²) in [5.41, 5.74) is 3.04. The van der Waals surface area contributed by atoms with E-state index >= 15 is 0 Å². The summed E-state index contributed by atoms with van der Waals surface area (Å²) < 4.78 is 9.91. The predicted molar refractivity (Wildman–Crippen MR) is 127 cm³/mol. The molecule has 1 unspecified atom stereocenters. The van der Waals surface area contributed by atoms with Crippen molar-refractivity contribution in [1.29, 1.82) is 0 Å². The highest BCUT2D eigenvalue weighted by Gasteiger charge is 2.30. The summed E-state index contributed by atoms with van der Waals surface area (Å²) >= 11 is 3.33. The van der Waals surface area contributed by atoms with Crippen LogP contribution in [0, 0.1) is 12.8 Å². The van der Waals surface area contributed by atoms with Crippen molar-refractivity contribution in [3.63, 3.8) is 0 Å². The van der Waals surface area contributed by atoms with Crippen molar-refractivity contribution < 1.29 is 4.74 Å². The molecule has 1 aliphatic rings. The van der Waals surface area contributed by atoms with Crippen LogP contribution < -0.4 is 5.56 Å². The van der Waals surface area contributed by atoms with Gasteiger partial charge in [0.05, 0.1) is 23.8 Å². The van der Waals surface area contributed by atoms with Crippen molar-refractivity contribution >= 4 is 39.1 Å². The molecule has 1 aliphatic heterocycles. The van der Waals surface area contributed by atoms with Crippen LogP contribution >= 0.6 is 23.1 Å². The highest BCUT2D eigenvalue weighted by molar-refractivity contribution is 7.99. The van der Waals surface area contributed by atoms with Gasteiger partial charge >= 0.3 is 0 Å². The van der Waals surface area contributed by atoms with E-state index < -0.39 is 0 Å². The van der Waals surface area contributed by atoms with Gasteiger partial charge in [-0.15, -0.1) is 21.5 Å². The average Bonchev–Trinajstić information content (AvgIpc) is 3.33. The van der Waals surface area contributed by atoms with Crippen molar-refractivity contribution in [2.75, 3.05) is 5.75 Å². The van der Waals surface area contributed by atoms with Gasteiger partial charge in [-0.2, -0.15) is 0 Å². The monoisotopic (exact) mass is 454 g/mol. The van der Waals surface area contributed by atoms with E-state index in [1.165, 1.54) is 0 Å². The fraction of sp³-hybridized carbons (Fsp3) is 0.435. The van der Waals surface area contributed by atoms with Gasteiger partial charge in [0.1, 0.15) is 4.83 Å². The molecule has 0 saturated carbocycles. The van der Waals surface area contributed by atoms with E-state index in [1.807, 2.05) is 31.2 Å². The van der Waals surface area contributed by atoms with Gasteiger partial charge in [-0.3, -0.25) is 4.79 Å². The van der Waals surface area contributed by atoms with Gasteiger partial charge in [-0.1, -0.05) is 44.7 Å². The molecule has 0 bridgehead atoms. The first kappa shape index (κ1) is 20.7. The lowest BCUT2D eigenvalue weighted by molar-refractivity contribution is 0.00200. The van der Waals surface area contributed by atoms with E-state index in [0.29, 0.717) is 18.3 Å². The zero-order valence-corrected chi connectivity index (χ0v) is 19.8. The first-order valence-corrected chi connectivity index (χ1v) is 12.6. The van der Waals surface area contributed by atoms with Crippen molar-refractivity contribution in [1.82, 2.24) is 19.2 Å². The van der Waals surface area contributed by atoms with Gasteiger partial charge in [0.2, 0.25) is 5.78 Å². The van der Waals surface area contributed by atoms with Crippen LogP contribution in [-0.4, -0.2) is 31.0 Å². The number of thiophene rings is 1. The first-order chi connectivity index (χ1) is 15.0. The third kappa shape index (κ3) is 3.41. The number of benzene rings is 1. The molecular formula is C23H26N4O2S2. The number of fused-ring (bicyclic) bond motifs is 5. The topological polar surface area (TPSA) is 61.4 Å². The summed E-state index contributed by atoms with van der Waals surface area (Å²) in [6, 6.07) is 8.01. The van der Waals surface area contributed by atoms with Crippen molar-refractivity contribution in [3.8, 4) is 5.69 Å². The normalized spacial score (nSPS) is 16.5. The zero-order valence-electron chi connectivity index (χ0n) is 18.2. The molecule has 0 saturated heterocycles. The number of nitrogens with zero attached hydrogens (tertiary/aromatic N) is 4. The van der Waals surface area contributed by atoms with E-state index in [9.17, 15) is 4.79 Å². The number of aromatic nitrogens is 4. The lowest BCUT2D eigenvalue weighted by Crippen LogP contribution is -2.28. The molecule has 1 atom stereocenters. The molecule has 0 N–H and O–H groups in total. The van der Waals surface area contributed by atoms with Gasteiger partial charge in [-0.05, 0) is 42.5 Å². The number of ether oxygens (including phenoxy) is 1. The third-order valence-electron chi connectivity index (χ3n) is 5.78. The van der Waals surface area contributed by atoms with Crippen molar-refractivity contribution in [2.45, 2.75) is 58.4 Å². The number of hydrogen-bond acceptors (Lipinski definition) is 6. The fourth-order valence-corrected chi connectivity index (χ4v) is 6.24. The average molecular weight is 455 g/mol. The maximum atomic E-state index is 13.9. The van der Waals surface area contributed by atoms with E-state index in [2.05, 4.69) is 35.4 Å². The second kappa shape index (κ2) is 8.07. The van der Waals surface area contributed by atoms with Gasteiger partial charge in [0, 0.05) is 17.1 Å². The highest BCUT2D eigenvalue weighted by atomic mass is 32.2. The van der Waals surface area contributed by atoms with Crippen LogP contribution in [0.25, 0.3) is 21.7 Å². The summed E-state index contributed by atoms with van der Waals surface area (Å²) in [5.74, 6) is 1.92. The summed E-state index contributed by atoms with van der Waals surface area (Å²) in [7, 11) is 0. The Bertz CT molecular complexity index is 1340. The maximum absolute atomic E-state index is 13.9. The number of rotatable bonds is 5. The standard InChI is InChI=1S/C23H26N4O2S2/c1-5-9-30-23-25-24-22-26(15-8-6-7-14(4)10-15)20(28)19-16-11-17(13(2)3)29-12-18(16)31-21(19)27(22)23/h6-8,10,13,17H,5,9,11-12H2,1-4H3. The Kier molecular flexibility index (Phi) is 5.40. The molecule has 162 valence electrons. The van der Waals surface area contributed by atoms with E-state index in [4.69, 9.17) is 4.74 Å². The molecule has 4 heterocycles. The molecule has 4 aromatic rings. The second-order valence-electron chi connectivity index (χ2n) is 8.43. The molecule has 0 aliphatic carbocycles. The van der Waals surface area contributed by atoms with E-state index in [-0.39, 0.29) is 11.7 Å². The van der Waals surface area contributed by atoms with Crippen LogP contribution in [0.3, 0.4) is 0 Å². The fourth-order valence-electron chi connectivity index (χ4n) is 4.15. The van der Waals surface area contributed by atoms with Crippen molar-refractivity contribution in [3.05, 3.63) is 50.6 Å². The Morgan fingerprint density at radius 2 is 2.16 bits per heavy atom. The minimum atomic E-state index is -0.0190. The van der Waals surface area contributed by atoms with E-state index in [0.717, 1.165) is 55.7 Å². The third-order valence-corrected chi connectivity index (χ3v) is 8.11. The second-order valence-corrected chi connectivity index (χ2v) is 10.6. The number of hydrogen-bond donors (Lipinski definition) is 0. The lowest BCUT2D eigenvalue weighted by Gasteiger charge is -2.26. The Labute approximate surface area is 189 Å². The van der Waals surface area contributed by atoms with Crippen LogP contribution in [0.2, 0.25) is 0 Å². The van der Waals surface area contributed by atoms with Crippen LogP contribution in [-0.2, 0) is 17.8 Å². The summed E-state index contributed by atoms with van der Waals surface area (Å²) in [6.45, 7) is 9.09. The number of aryl methyl sites for hydroxylation is 1. The summed E-state index contributed by atoms with van der Waals surface area (Å²) in [4.78, 5) is 16.0. The highest BCUT2D eigenvalue weighted by Crippen LogP contribution is 2.37. The van der Waals surface area contributed by atoms with Gasteiger partial charge in [-0.25, -0.2) is 8.97 Å². The molecule has 5 rings (SSSR count). The Morgan fingerprint density at radius 1 is 1.32 bits per heavy atom. The smallest absolute Gasteiger partial charge is 0.268 e. The van der Waals surface area contributed by atoms with Crippen LogP contribution in [0.15, 0.2) is 34.2 Å². The Balaban J connectivity index is 1.86. The van der Waals surface area contributed by atoms with Gasteiger partial charge < -0.3 is 4.74 Å². The molecule has 8 heteroatoms. The molecule has 0 spiro atoms. The van der Waals surface area contributed by atoms with Crippen molar-refractivity contribution in [2.24, 2.45) is 5.92 Å². The first-order valence-electron chi connectivity index (χ1n) is 10.8. The zero-order chi connectivity index (χ0) is 21.7. The van der Waals surface area contributed by atoms with Crippen LogP contribution in [0.4, 0.5) is 0 Å². The Morgan fingerprint density at radius 3 is 2.90 bits per heavy atom. The molecular weight excluding hydrogens is 428 g/mol. The predicted octanol–water partition coefficient (Wildman–Crippen LogP) is 5.00. The molecule has 0 amide bonds. The van der Waals surface area contributed by atoms with E-state index in [1.54, 1.807) is 27.7 Å². The van der Waals surface area contributed by atoms with Crippen LogP contribution in [0.1, 0.15) is 43.2 Å². The molecule has 1 aromatic carbocycles. The molecule has 31 heavy (non-hydrogen) atoms. The molecule has 3 aromatic heterocycles. The SMILES string of the molecule is CCCSc1nnc2n(-c3cccc(C)c3)c(=O)c3c4c(sc3n12)COC(C(C)C)C4. The summed E-state index contributed by atoms with van der Waals surface area (Å²) in [5, 5.41) is 10.6. The molecule has 0 radical (unpaired) electrons. The van der Waals surface area contributed by atoms with Gasteiger partial charge in [0.15, 0.2) is 5.16 Å². The van der Waals surface area contributed by atoms with Gasteiger partial charge in [0.25, 0.3) is 5.56 Å². The lowest BCUT2D eigenvalue weighted by atomic mass is 9.96.